The Morgan fingerprint density at radius 3 is 1.50 bits per heavy atom. The molecule has 1 aromatic heterocycles. The van der Waals surface area contributed by atoms with Gasteiger partial charge in [-0.15, -0.1) is 36.2 Å². The molecule has 0 amide bonds. The number of phenolic OH excluding ortho intramolecular Hbond substituents is 2. The lowest BCUT2D eigenvalue weighted by Crippen LogP contribution is -2.47. The number of phenols is 2. The Kier molecular flexibility index (Phi) is 41.8. The number of aliphatic imine (C=N–C) groups is 1. The summed E-state index contributed by atoms with van der Waals surface area (Å²) in [5.41, 5.74) is 19.8. The smallest absolute Gasteiger partial charge is 0.328 e. The summed E-state index contributed by atoms with van der Waals surface area (Å²) in [6.45, 7) is 18.7. The third kappa shape index (κ3) is 30.8. The molecule has 770 valence electrons. The molecule has 12 aromatic rings. The van der Waals surface area contributed by atoms with E-state index in [2.05, 4.69) is 305 Å². The number of nitrogens with one attached hydrogen (secondary N) is 1. The monoisotopic (exact) mass is 2140 g/mol. The standard InChI is InChI=1S/C20H24ClN3S.C17H16ClNO.C17H20N4S.C17H20N2S.C17H17NO2.C13H10S.3C4H4O4.2ClH/c1-22-11-13-23(14-12-22)9-4-10-24-17-5-2-3-6-19(17)25-20-8-7-16(21)15-18(20)24;1-19-9-14-12-4-2-3-5-16(12)20-17-7-6-11(18)8-13(17)15(14)10-19;1-12-11-13-16(21-9-7-20(2)8-10-21)18-14-5-3-4-6-15(14)19-17(13)22-12;1-18(2)12-7-13-19-14-8-3-5-10-16(14)20-17-11-6-4-9-15(17)19;1-18-8-7-10-3-2-4-12-15(10)13(18)9-11-5-6-14(19)17(20)16(11)12;1-3-7-12-10(5-1)9-11-6-2-4-8-13(11)14-12;3*5-3(6)1-2-4(7)8;;/h2-3,5-8,15H,4,9-14H2,1H3;2-8,14-15H,9-10H2,1H3;3-6,11,19H,7-10H2,1-2H3;3-6,8-11H,7,12-13H2,1-2H3;2-6,13,19-20H,7-9H2,1H3;1-8H,9H2;3*1-2H,(H,5,6)(H,7,8);2*1H/b;;;;;;3*2-1-;;/t;14-,15-;;;13-;;;;;;/m.1..1....../s1. The molecule has 34 heteroatoms. The van der Waals surface area contributed by atoms with Gasteiger partial charge in [-0.25, -0.2) is 33.8 Å². The number of amidine groups is 1. The van der Waals surface area contributed by atoms with Crippen molar-refractivity contribution in [2.24, 2.45) is 4.99 Å². The maximum Gasteiger partial charge on any atom is 0.328 e. The Hall–Kier alpha value is -12.6. The second-order valence-corrected chi connectivity index (χ2v) is 41.6. The number of carboxylic acids is 6. The highest BCUT2D eigenvalue weighted by molar-refractivity contribution is 8.00. The minimum absolute atomic E-state index is 0. The normalized spacial score (nSPS) is 16.5. The second-order valence-electron chi connectivity index (χ2n) is 36.2. The third-order valence-electron chi connectivity index (χ3n) is 25.6. The van der Waals surface area contributed by atoms with Gasteiger partial charge in [-0.1, -0.05) is 186 Å². The molecule has 22 rings (SSSR count). The van der Waals surface area contributed by atoms with Crippen LogP contribution in [0.15, 0.2) is 313 Å². The van der Waals surface area contributed by atoms with Gasteiger partial charge in [0.05, 0.1) is 39.7 Å². The fourth-order valence-corrected chi connectivity index (χ4v) is 23.1. The van der Waals surface area contributed by atoms with Crippen molar-refractivity contribution >= 4 is 175 Å². The third-order valence-corrected chi connectivity index (χ3v) is 30.6. The zero-order chi connectivity index (χ0) is 103. The first kappa shape index (κ1) is 113. The molecule has 0 spiro atoms. The van der Waals surface area contributed by atoms with Crippen LogP contribution in [0.1, 0.15) is 80.1 Å². The van der Waals surface area contributed by atoms with Gasteiger partial charge in [-0.2, -0.15) is 0 Å². The van der Waals surface area contributed by atoms with Crippen molar-refractivity contribution in [1.82, 2.24) is 34.3 Å². The quantitative estimate of drug-likeness (QED) is 0.0361. The predicted octanol–water partition coefficient (Wildman–Crippen LogP) is 23.1. The summed E-state index contributed by atoms with van der Waals surface area (Å²) in [4.78, 5) is 93.5. The fraction of sp³-hybridized carbons (Fsp3) is 0.265. The van der Waals surface area contributed by atoms with Crippen molar-refractivity contribution in [2.45, 2.75) is 86.3 Å². The van der Waals surface area contributed by atoms with E-state index in [1.165, 1.54) is 134 Å². The Morgan fingerprint density at radius 1 is 0.456 bits per heavy atom. The van der Waals surface area contributed by atoms with Crippen molar-refractivity contribution in [3.05, 3.63) is 339 Å². The number of ether oxygens (including phenoxy) is 1. The van der Waals surface area contributed by atoms with Crippen molar-refractivity contribution < 1.29 is 74.4 Å². The molecule has 147 heavy (non-hydrogen) atoms. The van der Waals surface area contributed by atoms with Crippen LogP contribution in [-0.4, -0.2) is 257 Å². The molecule has 0 bridgehead atoms. The van der Waals surface area contributed by atoms with E-state index in [-0.39, 0.29) is 36.3 Å². The average Bonchev–Trinajstić information content (AvgIpc) is 1.65. The van der Waals surface area contributed by atoms with Crippen molar-refractivity contribution in [3.8, 4) is 34.1 Å². The summed E-state index contributed by atoms with van der Waals surface area (Å²) in [5, 5.41) is 73.3. The summed E-state index contributed by atoms with van der Waals surface area (Å²) < 4.78 is 6.15. The van der Waals surface area contributed by atoms with Crippen LogP contribution in [0.5, 0.6) is 23.0 Å². The number of fused-ring (bicyclic) bond motifs is 15. The van der Waals surface area contributed by atoms with Crippen LogP contribution in [-0.2, 0) is 48.0 Å². The molecule has 10 heterocycles. The minimum atomic E-state index is -1.26. The summed E-state index contributed by atoms with van der Waals surface area (Å²) in [6.07, 6.45) is 8.70. The molecule has 1 aliphatic carbocycles. The Labute approximate surface area is 896 Å². The number of para-hydroxylation sites is 6. The number of rotatable bonds is 14. The van der Waals surface area contributed by atoms with E-state index >= 15 is 0 Å². The number of aliphatic carboxylic acids is 6. The van der Waals surface area contributed by atoms with Crippen LogP contribution in [0.3, 0.4) is 0 Å². The van der Waals surface area contributed by atoms with Gasteiger partial charge in [-0.3, -0.25) is 4.90 Å². The Bertz CT molecular complexity index is 6490. The first-order valence-corrected chi connectivity index (χ1v) is 51.8. The number of benzene rings is 11. The summed E-state index contributed by atoms with van der Waals surface area (Å²) >= 11 is 19.9. The molecular weight excluding hydrogens is 2020 g/mol. The van der Waals surface area contributed by atoms with E-state index in [4.69, 9.17) is 63.6 Å². The molecule has 0 radical (unpaired) electrons. The highest BCUT2D eigenvalue weighted by Crippen LogP contribution is 2.55. The molecule has 26 nitrogen and oxygen atoms in total. The van der Waals surface area contributed by atoms with Gasteiger partial charge in [-0.05, 0) is 249 Å². The van der Waals surface area contributed by atoms with Crippen LogP contribution in [0, 0.1) is 6.92 Å². The van der Waals surface area contributed by atoms with E-state index in [1.54, 1.807) is 17.4 Å². The van der Waals surface area contributed by atoms with Gasteiger partial charge in [0.2, 0.25) is 0 Å². The van der Waals surface area contributed by atoms with E-state index in [0.717, 1.165) is 153 Å². The van der Waals surface area contributed by atoms with Crippen molar-refractivity contribution in [2.75, 3.05) is 156 Å². The molecule has 3 atom stereocenters. The second kappa shape index (κ2) is 54.4. The predicted molar refractivity (Wildman–Crippen MR) is 595 cm³/mol. The van der Waals surface area contributed by atoms with Gasteiger partial charge < -0.3 is 90.1 Å². The maximum absolute atomic E-state index is 10.3. The molecule has 11 aromatic carbocycles. The van der Waals surface area contributed by atoms with E-state index in [9.17, 15) is 39.0 Å². The number of anilines is 6. The molecule has 3 saturated heterocycles. The lowest BCUT2D eigenvalue weighted by molar-refractivity contribution is -0.134. The summed E-state index contributed by atoms with van der Waals surface area (Å²) in [7, 11) is 13.0. The number of hydrogen-bond acceptors (Lipinski definition) is 24. The van der Waals surface area contributed by atoms with Crippen molar-refractivity contribution in [1.29, 1.82) is 0 Å². The molecule has 3 fully saturated rings. The Morgan fingerprint density at radius 2 is 0.925 bits per heavy atom. The number of likely N-dealkylation sites (N-methyl/N-ethyl adjacent to an activating group) is 4. The molecular formula is C113H121Cl4N11O15S4. The van der Waals surface area contributed by atoms with Crippen LogP contribution in [0.25, 0.3) is 11.1 Å². The maximum atomic E-state index is 10.3. The first-order chi connectivity index (χ1) is 69.9. The summed E-state index contributed by atoms with van der Waals surface area (Å²) in [5.74, 6) is -3.58. The number of likely N-dealkylation sites (tertiary alicyclic amines) is 1. The molecule has 9 aliphatic heterocycles. The lowest BCUT2D eigenvalue weighted by atomic mass is 9.77. The van der Waals surface area contributed by atoms with Gasteiger partial charge in [0.15, 0.2) is 11.5 Å². The number of carboxylic acid groups (broad SMARTS) is 6. The fourth-order valence-electron chi connectivity index (χ4n) is 18.6. The van der Waals surface area contributed by atoms with Gasteiger partial charge >= 0.3 is 35.8 Å². The molecule has 10 aliphatic rings. The van der Waals surface area contributed by atoms with Crippen LogP contribution in [0.4, 0.5) is 39.1 Å². The van der Waals surface area contributed by atoms with Crippen LogP contribution < -0.4 is 19.9 Å². The summed E-state index contributed by atoms with van der Waals surface area (Å²) in [6, 6.07) is 84.7. The first-order valence-electron chi connectivity index (χ1n) is 47.8. The van der Waals surface area contributed by atoms with Crippen LogP contribution >= 0.6 is 94.6 Å². The van der Waals surface area contributed by atoms with Crippen LogP contribution in [0.2, 0.25) is 10.0 Å². The number of nitrogens with zero attached hydrogens (tertiary/aromatic N) is 10. The van der Waals surface area contributed by atoms with E-state index in [0.29, 0.717) is 54.3 Å². The van der Waals surface area contributed by atoms with Crippen molar-refractivity contribution in [3.63, 3.8) is 0 Å². The molecule has 0 saturated carbocycles. The lowest BCUT2D eigenvalue weighted by Gasteiger charge is -2.39. The SMILES string of the molecule is CN(C)CCCN1c2ccccc2Sc2ccccc21.CN1CCN(CCCN2c3ccccc3Sc3ccc(Cl)cc32)CC1.CN1CCc2cccc3c2[C@H]1Cc1ccc(O)c(O)c1-3.CN1C[C@@H]2c3ccccc3Oc3ccc(Cl)cc3[C@H]2C1.Cc1cc2c(s1)Nc1ccccc1N=C2N1CCN(C)CC1.Cl.Cl.O=C(O)/C=C\C(=O)O.O=C(O)/C=C\C(=O)O.O=C(O)/C=C\C(=O)O.c1ccc2c(c1)Cc1ccccc1S2. The average molecular weight is 2140 g/mol. The number of halogens is 4. The minimum Gasteiger partial charge on any atom is -0.504 e. The zero-order valence-electron chi connectivity index (χ0n) is 82.5. The number of aryl methyl sites for hydroxylation is 1. The highest BCUT2D eigenvalue weighted by atomic mass is 35.5. The largest absolute Gasteiger partial charge is 0.504 e. The number of aromatic hydroxyl groups is 2. The number of carbonyl (C=O) groups is 6. The van der Waals surface area contributed by atoms with E-state index in [1.807, 2.05) is 65.6 Å². The number of piperazine rings is 2. The van der Waals surface area contributed by atoms with Gasteiger partial charge in [0.25, 0.3) is 0 Å². The van der Waals surface area contributed by atoms with Gasteiger partial charge in [0.1, 0.15) is 22.3 Å². The number of thiophene rings is 1. The number of hydrogen-bond donors (Lipinski definition) is 9. The molecule has 0 unspecified atom stereocenters. The van der Waals surface area contributed by atoms with Gasteiger partial charge in [0, 0.05) is 195 Å². The zero-order valence-corrected chi connectivity index (χ0v) is 89.0. The Balaban J connectivity index is 0.000000150. The topological polar surface area (TPSA) is 327 Å². The molecule has 9 N–H and O–H groups in total. The highest BCUT2D eigenvalue weighted by Gasteiger charge is 2.40. The van der Waals surface area contributed by atoms with E-state index < -0.39 is 35.8 Å².